The Kier molecular flexibility index (Phi) is 6.79. The number of esters is 1. The van der Waals surface area contributed by atoms with Gasteiger partial charge in [-0.25, -0.2) is 9.59 Å². The van der Waals surface area contributed by atoms with Crippen LogP contribution in [0.25, 0.3) is 11.4 Å². The number of hydrogen-bond acceptors (Lipinski definition) is 6. The highest BCUT2D eigenvalue weighted by molar-refractivity contribution is 5.92. The van der Waals surface area contributed by atoms with Crippen LogP contribution in [0, 0.1) is 12.8 Å². The predicted octanol–water partition coefficient (Wildman–Crippen LogP) is 3.93. The van der Waals surface area contributed by atoms with Crippen molar-refractivity contribution in [3.05, 3.63) is 66.1 Å². The second kappa shape index (κ2) is 9.69. The van der Waals surface area contributed by atoms with Crippen LogP contribution in [-0.4, -0.2) is 28.2 Å². The first kappa shape index (κ1) is 21.0. The minimum Gasteiger partial charge on any atom is -0.454 e. The summed E-state index contributed by atoms with van der Waals surface area (Å²) in [7, 11) is 0. The second-order valence-corrected chi connectivity index (χ2v) is 7.12. The minimum absolute atomic E-state index is 0.177. The van der Waals surface area contributed by atoms with Crippen LogP contribution in [0.1, 0.15) is 25.3 Å². The van der Waals surface area contributed by atoms with E-state index in [1.54, 1.807) is 24.3 Å². The van der Waals surface area contributed by atoms with Crippen LogP contribution in [0.5, 0.6) is 0 Å². The molecule has 2 amide bonds. The lowest BCUT2D eigenvalue weighted by molar-refractivity contribution is -0.149. The molecule has 0 saturated heterocycles. The van der Waals surface area contributed by atoms with Crippen LogP contribution in [0.4, 0.5) is 10.5 Å². The van der Waals surface area contributed by atoms with E-state index >= 15 is 0 Å². The van der Waals surface area contributed by atoms with Gasteiger partial charge in [0.25, 0.3) is 5.89 Å². The summed E-state index contributed by atoms with van der Waals surface area (Å²) in [6, 6.07) is 15.3. The Morgan fingerprint density at radius 2 is 1.77 bits per heavy atom. The standard InChI is InChI=1S/C22H24N4O4/c1-14(2)19(25-22(28)23-16-10-5-4-6-11-16)21(27)29-13-18-24-20(26-30-18)17-12-8-7-9-15(17)3/h4-12,14,19H,13H2,1-3H3,(H2,23,25,28)/t19-/m1/s1. The number of anilines is 1. The lowest BCUT2D eigenvalue weighted by Crippen LogP contribution is -2.47. The highest BCUT2D eigenvalue weighted by atomic mass is 16.6. The number of ether oxygens (including phenoxy) is 1. The van der Waals surface area contributed by atoms with Gasteiger partial charge in [-0.1, -0.05) is 61.5 Å². The topological polar surface area (TPSA) is 106 Å². The van der Waals surface area contributed by atoms with Crippen molar-refractivity contribution < 1.29 is 18.8 Å². The number of aryl methyl sites for hydroxylation is 1. The molecule has 0 fully saturated rings. The maximum absolute atomic E-state index is 12.5. The Balaban J connectivity index is 1.58. The first-order chi connectivity index (χ1) is 14.4. The number of carbonyl (C=O) groups is 2. The van der Waals surface area contributed by atoms with Gasteiger partial charge in [-0.05, 0) is 30.5 Å². The zero-order chi connectivity index (χ0) is 21.5. The second-order valence-electron chi connectivity index (χ2n) is 7.12. The highest BCUT2D eigenvalue weighted by Crippen LogP contribution is 2.20. The largest absolute Gasteiger partial charge is 0.454 e. The third kappa shape index (κ3) is 5.44. The summed E-state index contributed by atoms with van der Waals surface area (Å²) < 4.78 is 10.5. The maximum Gasteiger partial charge on any atom is 0.329 e. The molecule has 0 unspecified atom stereocenters. The van der Waals surface area contributed by atoms with Gasteiger partial charge in [-0.3, -0.25) is 0 Å². The number of hydrogen-bond donors (Lipinski definition) is 2. The molecular weight excluding hydrogens is 384 g/mol. The molecule has 156 valence electrons. The maximum atomic E-state index is 12.5. The van der Waals surface area contributed by atoms with E-state index in [0.29, 0.717) is 11.5 Å². The molecule has 3 rings (SSSR count). The lowest BCUT2D eigenvalue weighted by Gasteiger charge is -2.20. The van der Waals surface area contributed by atoms with E-state index in [9.17, 15) is 9.59 Å². The van der Waals surface area contributed by atoms with E-state index < -0.39 is 18.0 Å². The molecule has 0 spiro atoms. The third-order valence-corrected chi connectivity index (χ3v) is 4.43. The number of aromatic nitrogens is 2. The van der Waals surface area contributed by atoms with Gasteiger partial charge < -0.3 is 19.9 Å². The Labute approximate surface area is 174 Å². The van der Waals surface area contributed by atoms with Gasteiger partial charge in [0, 0.05) is 11.3 Å². The van der Waals surface area contributed by atoms with Gasteiger partial charge in [-0.15, -0.1) is 0 Å². The molecule has 0 aliphatic rings. The number of urea groups is 1. The van der Waals surface area contributed by atoms with Crippen molar-refractivity contribution in [3.8, 4) is 11.4 Å². The van der Waals surface area contributed by atoms with Gasteiger partial charge in [0.15, 0.2) is 6.61 Å². The number of amides is 2. The Morgan fingerprint density at radius 3 is 2.47 bits per heavy atom. The summed E-state index contributed by atoms with van der Waals surface area (Å²) in [6.07, 6.45) is 0. The van der Waals surface area contributed by atoms with E-state index in [4.69, 9.17) is 9.26 Å². The lowest BCUT2D eigenvalue weighted by atomic mass is 10.1. The van der Waals surface area contributed by atoms with Crippen LogP contribution in [0.3, 0.4) is 0 Å². The monoisotopic (exact) mass is 408 g/mol. The van der Waals surface area contributed by atoms with E-state index in [1.165, 1.54) is 0 Å². The van der Waals surface area contributed by atoms with Crippen molar-refractivity contribution in [2.45, 2.75) is 33.4 Å². The fourth-order valence-electron chi connectivity index (χ4n) is 2.80. The summed E-state index contributed by atoms with van der Waals surface area (Å²) in [5.41, 5.74) is 2.48. The minimum atomic E-state index is -0.826. The average molecular weight is 408 g/mol. The molecule has 0 aliphatic carbocycles. The fourth-order valence-corrected chi connectivity index (χ4v) is 2.80. The summed E-state index contributed by atoms with van der Waals surface area (Å²) in [4.78, 5) is 29.0. The zero-order valence-electron chi connectivity index (χ0n) is 17.1. The molecule has 3 aromatic rings. The van der Waals surface area contributed by atoms with E-state index in [-0.39, 0.29) is 18.4 Å². The van der Waals surface area contributed by atoms with Crippen molar-refractivity contribution in [1.29, 1.82) is 0 Å². The van der Waals surface area contributed by atoms with Gasteiger partial charge in [0.1, 0.15) is 6.04 Å². The van der Waals surface area contributed by atoms with Crippen LogP contribution in [-0.2, 0) is 16.1 Å². The Bertz CT molecular complexity index is 1000. The molecule has 8 heteroatoms. The van der Waals surface area contributed by atoms with Crippen molar-refractivity contribution >= 4 is 17.7 Å². The van der Waals surface area contributed by atoms with E-state index in [1.807, 2.05) is 51.1 Å². The molecule has 8 nitrogen and oxygen atoms in total. The molecular formula is C22H24N4O4. The van der Waals surface area contributed by atoms with Crippen LogP contribution in [0.2, 0.25) is 0 Å². The Morgan fingerprint density at radius 1 is 1.07 bits per heavy atom. The van der Waals surface area contributed by atoms with E-state index in [0.717, 1.165) is 11.1 Å². The normalized spacial score (nSPS) is 11.7. The summed E-state index contributed by atoms with van der Waals surface area (Å²) in [6.45, 7) is 5.41. The molecule has 2 aromatic carbocycles. The summed E-state index contributed by atoms with van der Waals surface area (Å²) >= 11 is 0. The van der Waals surface area contributed by atoms with Crippen molar-refractivity contribution in [2.75, 3.05) is 5.32 Å². The highest BCUT2D eigenvalue weighted by Gasteiger charge is 2.26. The fraction of sp³-hybridized carbons (Fsp3) is 0.273. The molecule has 30 heavy (non-hydrogen) atoms. The van der Waals surface area contributed by atoms with Crippen LogP contribution in [0.15, 0.2) is 59.1 Å². The average Bonchev–Trinajstić information content (AvgIpc) is 3.20. The number of nitrogens with one attached hydrogen (secondary N) is 2. The molecule has 1 aromatic heterocycles. The third-order valence-electron chi connectivity index (χ3n) is 4.43. The number of benzene rings is 2. The molecule has 0 bridgehead atoms. The van der Waals surface area contributed by atoms with Crippen LogP contribution >= 0.6 is 0 Å². The van der Waals surface area contributed by atoms with Gasteiger partial charge >= 0.3 is 12.0 Å². The van der Waals surface area contributed by atoms with Crippen LogP contribution < -0.4 is 10.6 Å². The predicted molar refractivity (Wildman–Crippen MR) is 111 cm³/mol. The smallest absolute Gasteiger partial charge is 0.329 e. The summed E-state index contributed by atoms with van der Waals surface area (Å²) in [5, 5.41) is 9.28. The van der Waals surface area contributed by atoms with Gasteiger partial charge in [0.2, 0.25) is 5.82 Å². The number of carbonyl (C=O) groups excluding carboxylic acids is 2. The van der Waals surface area contributed by atoms with E-state index in [2.05, 4.69) is 20.8 Å². The SMILES string of the molecule is Cc1ccccc1-c1noc(COC(=O)[C@H](NC(=O)Nc2ccccc2)C(C)C)n1. The molecule has 0 saturated carbocycles. The van der Waals surface area contributed by atoms with Gasteiger partial charge in [0.05, 0.1) is 0 Å². The Hall–Kier alpha value is -3.68. The zero-order valence-corrected chi connectivity index (χ0v) is 17.1. The molecule has 2 N–H and O–H groups in total. The number of rotatable bonds is 7. The molecule has 0 radical (unpaired) electrons. The first-order valence-electron chi connectivity index (χ1n) is 9.62. The molecule has 1 atom stereocenters. The molecule has 0 aliphatic heterocycles. The molecule has 1 heterocycles. The summed E-state index contributed by atoms with van der Waals surface area (Å²) in [5.74, 6) is -0.147. The van der Waals surface area contributed by atoms with Crippen molar-refractivity contribution in [3.63, 3.8) is 0 Å². The van der Waals surface area contributed by atoms with Gasteiger partial charge in [-0.2, -0.15) is 4.98 Å². The first-order valence-corrected chi connectivity index (χ1v) is 9.62. The number of nitrogens with zero attached hydrogens (tertiary/aromatic N) is 2. The number of para-hydroxylation sites is 1. The van der Waals surface area contributed by atoms with Crippen molar-refractivity contribution in [1.82, 2.24) is 15.5 Å². The van der Waals surface area contributed by atoms with Crippen molar-refractivity contribution in [2.24, 2.45) is 5.92 Å². The quantitative estimate of drug-likeness (QED) is 0.574.